The minimum Gasteiger partial charge on any atom is -0.493 e. The van der Waals surface area contributed by atoms with Gasteiger partial charge in [0.15, 0.2) is 11.5 Å². The second-order valence-corrected chi connectivity index (χ2v) is 5.14. The van der Waals surface area contributed by atoms with Crippen molar-refractivity contribution in [3.05, 3.63) is 23.8 Å². The molecule has 0 spiro atoms. The summed E-state index contributed by atoms with van der Waals surface area (Å²) >= 11 is 0. The number of ether oxygens (including phenoxy) is 2. The Morgan fingerprint density at radius 1 is 1.26 bits per heavy atom. The van der Waals surface area contributed by atoms with Gasteiger partial charge in [0, 0.05) is 5.56 Å². The SMILES string of the molecule is CCC1CCCCC1Oc1cc(C=O)ccc1OC. The Morgan fingerprint density at radius 3 is 2.74 bits per heavy atom. The second kappa shape index (κ2) is 6.60. The molecule has 0 bridgehead atoms. The third-order valence-corrected chi connectivity index (χ3v) is 3.97. The maximum absolute atomic E-state index is 10.9. The van der Waals surface area contributed by atoms with E-state index in [2.05, 4.69) is 6.92 Å². The van der Waals surface area contributed by atoms with Crippen LogP contribution < -0.4 is 9.47 Å². The fraction of sp³-hybridized carbons (Fsp3) is 0.562. The van der Waals surface area contributed by atoms with Gasteiger partial charge in [-0.3, -0.25) is 4.79 Å². The van der Waals surface area contributed by atoms with Gasteiger partial charge in [0.25, 0.3) is 0 Å². The van der Waals surface area contributed by atoms with E-state index in [1.54, 1.807) is 25.3 Å². The van der Waals surface area contributed by atoms with Gasteiger partial charge in [0.05, 0.1) is 7.11 Å². The number of aldehydes is 1. The first-order valence-corrected chi connectivity index (χ1v) is 7.08. The lowest BCUT2D eigenvalue weighted by molar-refractivity contribution is 0.0871. The van der Waals surface area contributed by atoms with Crippen molar-refractivity contribution in [2.24, 2.45) is 5.92 Å². The molecular formula is C16H22O3. The average molecular weight is 262 g/mol. The van der Waals surface area contributed by atoms with Crippen LogP contribution in [0, 0.1) is 5.92 Å². The van der Waals surface area contributed by atoms with Crippen LogP contribution in [0.3, 0.4) is 0 Å². The van der Waals surface area contributed by atoms with E-state index < -0.39 is 0 Å². The number of hydrogen-bond acceptors (Lipinski definition) is 3. The average Bonchev–Trinajstić information content (AvgIpc) is 2.47. The molecule has 1 saturated carbocycles. The first kappa shape index (κ1) is 13.9. The number of benzene rings is 1. The molecular weight excluding hydrogens is 240 g/mol. The van der Waals surface area contributed by atoms with E-state index >= 15 is 0 Å². The molecule has 0 aromatic heterocycles. The van der Waals surface area contributed by atoms with Gasteiger partial charge in [0.2, 0.25) is 0 Å². The topological polar surface area (TPSA) is 35.5 Å². The van der Waals surface area contributed by atoms with Crippen LogP contribution in [-0.4, -0.2) is 19.5 Å². The summed E-state index contributed by atoms with van der Waals surface area (Å²) in [5.41, 5.74) is 0.625. The molecule has 0 saturated heterocycles. The van der Waals surface area contributed by atoms with Crippen molar-refractivity contribution in [1.82, 2.24) is 0 Å². The van der Waals surface area contributed by atoms with Crippen LogP contribution in [0.4, 0.5) is 0 Å². The predicted molar refractivity (Wildman–Crippen MR) is 75.0 cm³/mol. The van der Waals surface area contributed by atoms with Gasteiger partial charge in [-0.1, -0.05) is 13.3 Å². The summed E-state index contributed by atoms with van der Waals surface area (Å²) in [5.74, 6) is 2.00. The highest BCUT2D eigenvalue weighted by atomic mass is 16.5. The first-order chi connectivity index (χ1) is 9.28. The molecule has 19 heavy (non-hydrogen) atoms. The Labute approximate surface area is 114 Å². The molecule has 0 radical (unpaired) electrons. The molecule has 1 aliphatic carbocycles. The van der Waals surface area contributed by atoms with Gasteiger partial charge in [-0.15, -0.1) is 0 Å². The summed E-state index contributed by atoms with van der Waals surface area (Å²) < 4.78 is 11.5. The van der Waals surface area contributed by atoms with Crippen LogP contribution in [0.5, 0.6) is 11.5 Å². The number of hydrogen-bond donors (Lipinski definition) is 0. The molecule has 1 aromatic rings. The summed E-state index contributed by atoms with van der Waals surface area (Å²) in [7, 11) is 1.63. The Bertz CT molecular complexity index is 428. The van der Waals surface area contributed by atoms with Crippen LogP contribution in [0.25, 0.3) is 0 Å². The summed E-state index contributed by atoms with van der Waals surface area (Å²) in [6.45, 7) is 2.21. The molecule has 2 atom stereocenters. The minimum absolute atomic E-state index is 0.245. The zero-order valence-electron chi connectivity index (χ0n) is 11.7. The van der Waals surface area contributed by atoms with E-state index in [1.165, 1.54) is 19.3 Å². The Morgan fingerprint density at radius 2 is 2.05 bits per heavy atom. The Hall–Kier alpha value is -1.51. The number of carbonyl (C=O) groups is 1. The van der Waals surface area contributed by atoms with Crippen LogP contribution >= 0.6 is 0 Å². The fourth-order valence-electron chi connectivity index (χ4n) is 2.82. The van der Waals surface area contributed by atoms with Gasteiger partial charge in [-0.25, -0.2) is 0 Å². The maximum Gasteiger partial charge on any atom is 0.162 e. The lowest BCUT2D eigenvalue weighted by Crippen LogP contribution is -2.30. The quantitative estimate of drug-likeness (QED) is 0.756. The minimum atomic E-state index is 0.245. The van der Waals surface area contributed by atoms with E-state index in [0.717, 1.165) is 19.1 Å². The van der Waals surface area contributed by atoms with Crippen LogP contribution in [0.1, 0.15) is 49.4 Å². The molecule has 3 nitrogen and oxygen atoms in total. The van der Waals surface area contributed by atoms with Crippen LogP contribution in [-0.2, 0) is 0 Å². The monoisotopic (exact) mass is 262 g/mol. The highest BCUT2D eigenvalue weighted by molar-refractivity contribution is 5.76. The third-order valence-electron chi connectivity index (χ3n) is 3.97. The van der Waals surface area contributed by atoms with Crippen molar-refractivity contribution in [3.63, 3.8) is 0 Å². The molecule has 2 unspecified atom stereocenters. The molecule has 1 aromatic carbocycles. The van der Waals surface area contributed by atoms with Crippen molar-refractivity contribution in [2.45, 2.75) is 45.1 Å². The predicted octanol–water partition coefficient (Wildman–Crippen LogP) is 3.86. The van der Waals surface area contributed by atoms with E-state index in [4.69, 9.17) is 9.47 Å². The largest absolute Gasteiger partial charge is 0.493 e. The first-order valence-electron chi connectivity index (χ1n) is 7.08. The molecule has 1 fully saturated rings. The van der Waals surface area contributed by atoms with Crippen molar-refractivity contribution in [3.8, 4) is 11.5 Å². The van der Waals surface area contributed by atoms with Crippen molar-refractivity contribution < 1.29 is 14.3 Å². The lowest BCUT2D eigenvalue weighted by atomic mass is 9.85. The zero-order chi connectivity index (χ0) is 13.7. The normalized spacial score (nSPS) is 22.8. The lowest BCUT2D eigenvalue weighted by Gasteiger charge is -2.31. The molecule has 2 rings (SSSR count). The van der Waals surface area contributed by atoms with Gasteiger partial charge in [-0.2, -0.15) is 0 Å². The smallest absolute Gasteiger partial charge is 0.162 e. The summed E-state index contributed by atoms with van der Waals surface area (Å²) in [6.07, 6.45) is 7.06. The second-order valence-electron chi connectivity index (χ2n) is 5.14. The highest BCUT2D eigenvalue weighted by Gasteiger charge is 2.26. The van der Waals surface area contributed by atoms with Crippen molar-refractivity contribution in [2.75, 3.05) is 7.11 Å². The number of carbonyl (C=O) groups excluding carboxylic acids is 1. The van der Waals surface area contributed by atoms with Crippen molar-refractivity contribution >= 4 is 6.29 Å². The van der Waals surface area contributed by atoms with Gasteiger partial charge >= 0.3 is 0 Å². The van der Waals surface area contributed by atoms with Gasteiger partial charge < -0.3 is 9.47 Å². The highest BCUT2D eigenvalue weighted by Crippen LogP contribution is 2.34. The molecule has 104 valence electrons. The number of methoxy groups -OCH3 is 1. The van der Waals surface area contributed by atoms with Crippen molar-refractivity contribution in [1.29, 1.82) is 0 Å². The molecule has 3 heteroatoms. The molecule has 0 amide bonds. The zero-order valence-corrected chi connectivity index (χ0v) is 11.7. The van der Waals surface area contributed by atoms with Gasteiger partial charge in [-0.05, 0) is 49.8 Å². The molecule has 0 N–H and O–H groups in total. The molecule has 1 aliphatic rings. The Kier molecular flexibility index (Phi) is 4.83. The maximum atomic E-state index is 10.9. The van der Waals surface area contributed by atoms with Gasteiger partial charge in [0.1, 0.15) is 12.4 Å². The van der Waals surface area contributed by atoms with Crippen LogP contribution in [0.2, 0.25) is 0 Å². The fourth-order valence-corrected chi connectivity index (χ4v) is 2.82. The number of rotatable bonds is 5. The van der Waals surface area contributed by atoms with Crippen LogP contribution in [0.15, 0.2) is 18.2 Å². The molecule has 0 aliphatic heterocycles. The standard InChI is InChI=1S/C16H22O3/c1-3-13-6-4-5-7-14(13)19-16-10-12(11-17)8-9-15(16)18-2/h8-11,13-14H,3-7H2,1-2H3. The Balaban J connectivity index is 2.18. The van der Waals surface area contributed by atoms with E-state index in [-0.39, 0.29) is 6.10 Å². The molecule has 0 heterocycles. The van der Waals surface area contributed by atoms with E-state index in [0.29, 0.717) is 23.0 Å². The van der Waals surface area contributed by atoms with E-state index in [9.17, 15) is 4.79 Å². The van der Waals surface area contributed by atoms with E-state index in [1.807, 2.05) is 0 Å². The summed E-state index contributed by atoms with van der Waals surface area (Å²) in [4.78, 5) is 10.9. The summed E-state index contributed by atoms with van der Waals surface area (Å²) in [5, 5.41) is 0. The third kappa shape index (κ3) is 3.28. The summed E-state index contributed by atoms with van der Waals surface area (Å²) in [6, 6.07) is 5.31.